The van der Waals surface area contributed by atoms with E-state index in [1.807, 2.05) is 6.92 Å². The summed E-state index contributed by atoms with van der Waals surface area (Å²) in [6, 6.07) is 0. The molecule has 0 saturated heterocycles. The second-order valence-electron chi connectivity index (χ2n) is 3.16. The number of rotatable bonds is 8. The van der Waals surface area contributed by atoms with Crippen LogP contribution >= 0.6 is 12.2 Å². The van der Waals surface area contributed by atoms with Crippen molar-refractivity contribution in [2.24, 2.45) is 0 Å². The SMILES string of the molecule is CCOCCCNC(=S)NCCC(=O)NC. The number of carbonyl (C=O) groups is 1. The van der Waals surface area contributed by atoms with Gasteiger partial charge in [0.15, 0.2) is 5.11 Å². The van der Waals surface area contributed by atoms with Crippen LogP contribution in [0.4, 0.5) is 0 Å². The average Bonchev–Trinajstić information content (AvgIpc) is 2.28. The summed E-state index contributed by atoms with van der Waals surface area (Å²) < 4.78 is 5.19. The predicted molar refractivity (Wildman–Crippen MR) is 68.4 cm³/mol. The van der Waals surface area contributed by atoms with Crippen molar-refractivity contribution in [3.05, 3.63) is 0 Å². The van der Waals surface area contributed by atoms with Crippen LogP contribution in [0.5, 0.6) is 0 Å². The van der Waals surface area contributed by atoms with Gasteiger partial charge in [0.1, 0.15) is 0 Å². The minimum Gasteiger partial charge on any atom is -0.382 e. The highest BCUT2D eigenvalue weighted by atomic mass is 32.1. The third-order valence-corrected chi connectivity index (χ3v) is 2.16. The maximum Gasteiger partial charge on any atom is 0.221 e. The first-order valence-electron chi connectivity index (χ1n) is 5.50. The van der Waals surface area contributed by atoms with E-state index in [9.17, 15) is 4.79 Å². The number of ether oxygens (including phenoxy) is 1. The van der Waals surface area contributed by atoms with Gasteiger partial charge in [0.25, 0.3) is 0 Å². The van der Waals surface area contributed by atoms with E-state index in [0.717, 1.165) is 26.2 Å². The van der Waals surface area contributed by atoms with Gasteiger partial charge >= 0.3 is 0 Å². The lowest BCUT2D eigenvalue weighted by atomic mass is 10.4. The molecule has 1 amide bonds. The van der Waals surface area contributed by atoms with E-state index < -0.39 is 0 Å². The summed E-state index contributed by atoms with van der Waals surface area (Å²) in [6.45, 7) is 4.79. The number of hydrogen-bond acceptors (Lipinski definition) is 3. The molecule has 0 heterocycles. The molecule has 0 bridgehead atoms. The van der Waals surface area contributed by atoms with Crippen LogP contribution in [-0.4, -0.2) is 44.4 Å². The molecule has 94 valence electrons. The number of carbonyl (C=O) groups excluding carboxylic acids is 1. The lowest BCUT2D eigenvalue weighted by Gasteiger charge is -2.09. The zero-order valence-electron chi connectivity index (χ0n) is 9.97. The molecule has 0 atom stereocenters. The molecule has 16 heavy (non-hydrogen) atoms. The first kappa shape index (κ1) is 15.1. The molecule has 0 aromatic rings. The van der Waals surface area contributed by atoms with Gasteiger partial charge in [-0.1, -0.05) is 0 Å². The van der Waals surface area contributed by atoms with Crippen molar-refractivity contribution in [3.63, 3.8) is 0 Å². The van der Waals surface area contributed by atoms with Crippen molar-refractivity contribution in [2.45, 2.75) is 19.8 Å². The maximum absolute atomic E-state index is 10.9. The van der Waals surface area contributed by atoms with Crippen LogP contribution in [-0.2, 0) is 9.53 Å². The number of thiocarbonyl (C=S) groups is 1. The first-order chi connectivity index (χ1) is 7.70. The molecule has 0 rings (SSSR count). The molecular weight excluding hydrogens is 226 g/mol. The van der Waals surface area contributed by atoms with Crippen LogP contribution in [0.25, 0.3) is 0 Å². The van der Waals surface area contributed by atoms with Crippen molar-refractivity contribution in [2.75, 3.05) is 33.4 Å². The summed E-state index contributed by atoms with van der Waals surface area (Å²) in [5.74, 6) is 0.00615. The topological polar surface area (TPSA) is 62.4 Å². The van der Waals surface area contributed by atoms with Crippen molar-refractivity contribution in [1.82, 2.24) is 16.0 Å². The normalized spacial score (nSPS) is 9.62. The minimum atomic E-state index is 0.00615. The molecule has 3 N–H and O–H groups in total. The fourth-order valence-electron chi connectivity index (χ4n) is 0.998. The van der Waals surface area contributed by atoms with E-state index in [1.165, 1.54) is 0 Å². The second kappa shape index (κ2) is 10.6. The van der Waals surface area contributed by atoms with Gasteiger partial charge in [0.2, 0.25) is 5.91 Å². The van der Waals surface area contributed by atoms with Crippen LogP contribution in [0, 0.1) is 0 Å². The van der Waals surface area contributed by atoms with E-state index >= 15 is 0 Å². The van der Waals surface area contributed by atoms with E-state index in [1.54, 1.807) is 7.05 Å². The van der Waals surface area contributed by atoms with Crippen molar-refractivity contribution in [1.29, 1.82) is 0 Å². The van der Waals surface area contributed by atoms with E-state index in [4.69, 9.17) is 17.0 Å². The van der Waals surface area contributed by atoms with E-state index in [0.29, 0.717) is 18.1 Å². The molecule has 0 aliphatic carbocycles. The molecule has 0 saturated carbocycles. The fraction of sp³-hybridized carbons (Fsp3) is 0.800. The quantitative estimate of drug-likeness (QED) is 0.417. The molecule has 6 heteroatoms. The Morgan fingerprint density at radius 2 is 2.00 bits per heavy atom. The number of hydrogen-bond donors (Lipinski definition) is 3. The molecule has 5 nitrogen and oxygen atoms in total. The van der Waals surface area contributed by atoms with Gasteiger partial charge in [-0.05, 0) is 25.6 Å². The Kier molecular flexibility index (Phi) is 10.0. The van der Waals surface area contributed by atoms with Gasteiger partial charge < -0.3 is 20.7 Å². The first-order valence-corrected chi connectivity index (χ1v) is 5.91. The Hall–Kier alpha value is -0.880. The summed E-state index contributed by atoms with van der Waals surface area (Å²) in [5.41, 5.74) is 0. The summed E-state index contributed by atoms with van der Waals surface area (Å²) >= 11 is 5.03. The van der Waals surface area contributed by atoms with Crippen molar-refractivity contribution >= 4 is 23.2 Å². The van der Waals surface area contributed by atoms with Crippen LogP contribution < -0.4 is 16.0 Å². The van der Waals surface area contributed by atoms with Crippen LogP contribution in [0.2, 0.25) is 0 Å². The van der Waals surface area contributed by atoms with Crippen molar-refractivity contribution < 1.29 is 9.53 Å². The molecule has 0 radical (unpaired) electrons. The zero-order chi connectivity index (χ0) is 12.2. The third kappa shape index (κ3) is 9.67. The highest BCUT2D eigenvalue weighted by Crippen LogP contribution is 1.81. The van der Waals surface area contributed by atoms with Gasteiger partial charge in [-0.15, -0.1) is 0 Å². The van der Waals surface area contributed by atoms with Crippen LogP contribution in [0.15, 0.2) is 0 Å². The standard InChI is InChI=1S/C10H21N3O2S/c1-3-15-8-4-6-12-10(16)13-7-5-9(14)11-2/h3-8H2,1-2H3,(H,11,14)(H2,12,13,16). The van der Waals surface area contributed by atoms with Crippen molar-refractivity contribution in [3.8, 4) is 0 Å². The summed E-state index contributed by atoms with van der Waals surface area (Å²) in [7, 11) is 1.62. The average molecular weight is 247 g/mol. The van der Waals surface area contributed by atoms with Gasteiger partial charge in [-0.3, -0.25) is 4.79 Å². The van der Waals surface area contributed by atoms with Crippen LogP contribution in [0.3, 0.4) is 0 Å². The van der Waals surface area contributed by atoms with Gasteiger partial charge in [-0.25, -0.2) is 0 Å². The second-order valence-corrected chi connectivity index (χ2v) is 3.56. The highest BCUT2D eigenvalue weighted by molar-refractivity contribution is 7.80. The molecule has 0 aromatic carbocycles. The summed E-state index contributed by atoms with van der Waals surface area (Å²) in [6.07, 6.45) is 1.35. The van der Waals surface area contributed by atoms with Gasteiger partial charge in [0.05, 0.1) is 0 Å². The Morgan fingerprint density at radius 1 is 1.31 bits per heavy atom. The Balaban J connectivity index is 3.28. The molecule has 0 aliphatic heterocycles. The number of nitrogens with one attached hydrogen (secondary N) is 3. The Morgan fingerprint density at radius 3 is 2.62 bits per heavy atom. The monoisotopic (exact) mass is 247 g/mol. The predicted octanol–water partition coefficient (Wildman–Crippen LogP) is 0.0132. The van der Waals surface area contributed by atoms with Crippen LogP contribution in [0.1, 0.15) is 19.8 Å². The highest BCUT2D eigenvalue weighted by Gasteiger charge is 1.98. The fourth-order valence-corrected chi connectivity index (χ4v) is 1.20. The maximum atomic E-state index is 10.9. The number of amides is 1. The molecule has 0 aromatic heterocycles. The molecule has 0 unspecified atom stereocenters. The lowest BCUT2D eigenvalue weighted by molar-refractivity contribution is -0.120. The molecule has 0 aliphatic rings. The van der Waals surface area contributed by atoms with Gasteiger partial charge in [-0.2, -0.15) is 0 Å². The molecule has 0 fully saturated rings. The summed E-state index contributed by atoms with van der Waals surface area (Å²) in [5, 5.41) is 9.13. The van der Waals surface area contributed by atoms with E-state index in [-0.39, 0.29) is 5.91 Å². The third-order valence-electron chi connectivity index (χ3n) is 1.87. The minimum absolute atomic E-state index is 0.00615. The lowest BCUT2D eigenvalue weighted by Crippen LogP contribution is -2.37. The van der Waals surface area contributed by atoms with E-state index in [2.05, 4.69) is 16.0 Å². The summed E-state index contributed by atoms with van der Waals surface area (Å²) in [4.78, 5) is 10.9. The largest absolute Gasteiger partial charge is 0.382 e. The zero-order valence-corrected chi connectivity index (χ0v) is 10.8. The van der Waals surface area contributed by atoms with Gasteiger partial charge in [0, 0.05) is 39.8 Å². The molecular formula is C10H21N3O2S. The Labute approximate surface area is 102 Å². The Bertz CT molecular complexity index is 212. The molecule has 0 spiro atoms. The smallest absolute Gasteiger partial charge is 0.221 e.